The number of carbonyl (C=O) groups excluding carboxylic acids is 1. The summed E-state index contributed by atoms with van der Waals surface area (Å²) in [5, 5.41) is 18.7. The zero-order chi connectivity index (χ0) is 26.5. The first kappa shape index (κ1) is 27.8. The topological polar surface area (TPSA) is 136 Å². The fourth-order valence-corrected chi connectivity index (χ4v) is 4.94. The number of carboxylic acid groups (broad SMARTS) is 1. The van der Waals surface area contributed by atoms with Gasteiger partial charge in [0.05, 0.1) is 21.8 Å². The summed E-state index contributed by atoms with van der Waals surface area (Å²) in [5.41, 5.74) is 3.73. The molecule has 5 aromatic rings. The van der Waals surface area contributed by atoms with Crippen LogP contribution in [0.3, 0.4) is 0 Å². The number of aryl methyl sites for hydroxylation is 2. The van der Waals surface area contributed by atoms with Crippen LogP contribution in [0.4, 0.5) is 0 Å². The van der Waals surface area contributed by atoms with Gasteiger partial charge in [0.2, 0.25) is 10.0 Å². The van der Waals surface area contributed by atoms with Crippen LogP contribution in [0.5, 0.6) is 5.75 Å². The van der Waals surface area contributed by atoms with Crippen LogP contribution >= 0.6 is 0 Å². The first-order chi connectivity index (χ1) is 17.5. The van der Waals surface area contributed by atoms with E-state index in [9.17, 15) is 18.3 Å². The quantitative estimate of drug-likeness (QED) is 0.323. The van der Waals surface area contributed by atoms with Gasteiger partial charge in [-0.3, -0.25) is 0 Å². The Hall–Kier alpha value is -3.21. The van der Waals surface area contributed by atoms with Gasteiger partial charge in [-0.15, -0.1) is 0 Å². The minimum Gasteiger partial charge on any atom is -0.545 e. The van der Waals surface area contributed by atoms with E-state index in [2.05, 4.69) is 0 Å². The van der Waals surface area contributed by atoms with Crippen LogP contribution in [-0.4, -0.2) is 19.4 Å². The first-order valence-electron chi connectivity index (χ1n) is 11.5. The van der Waals surface area contributed by atoms with Crippen molar-refractivity contribution in [3.05, 3.63) is 89.0 Å². The van der Waals surface area contributed by atoms with Gasteiger partial charge in [-0.05, 0) is 62.2 Å². The van der Waals surface area contributed by atoms with Crippen molar-refractivity contribution in [2.24, 2.45) is 5.14 Å². The normalized spacial score (nSPS) is 12.3. The van der Waals surface area contributed by atoms with E-state index in [0.29, 0.717) is 39.3 Å². The van der Waals surface area contributed by atoms with Gasteiger partial charge in [-0.2, -0.15) is 0 Å². The fourth-order valence-electron chi connectivity index (χ4n) is 4.42. The van der Waals surface area contributed by atoms with Crippen LogP contribution in [0, 0.1) is 13.8 Å². The van der Waals surface area contributed by atoms with Gasteiger partial charge in [0.1, 0.15) is 23.1 Å². The van der Waals surface area contributed by atoms with E-state index in [1.807, 2.05) is 38.1 Å². The number of ether oxygens (including phenoxy) is 1. The Bertz CT molecular complexity index is 1800. The second-order valence-corrected chi connectivity index (χ2v) is 10.4. The second-order valence-electron chi connectivity index (χ2n) is 8.87. The summed E-state index contributed by atoms with van der Waals surface area (Å²) in [6, 6.07) is 18.5. The number of pyridine rings is 1. The minimum atomic E-state index is -3.82. The van der Waals surface area contributed by atoms with Crippen molar-refractivity contribution in [3.63, 3.8) is 0 Å². The molecule has 8 nitrogen and oxygen atoms in total. The van der Waals surface area contributed by atoms with Crippen molar-refractivity contribution in [3.8, 4) is 17.2 Å². The zero-order valence-corrected chi connectivity index (χ0v) is 24.1. The van der Waals surface area contributed by atoms with Crippen molar-refractivity contribution in [1.29, 1.82) is 0 Å². The third-order valence-electron chi connectivity index (χ3n) is 6.40. The Balaban J connectivity index is 0.00000336. The third-order valence-corrected chi connectivity index (χ3v) is 7.33. The van der Waals surface area contributed by atoms with Gasteiger partial charge in [0.15, 0.2) is 5.76 Å². The number of aromatic carboxylic acids is 1. The Morgan fingerprint density at radius 1 is 1.05 bits per heavy atom. The molecule has 0 spiro atoms. The molecule has 2 aromatic heterocycles. The number of carboxylic acids is 1. The van der Waals surface area contributed by atoms with Crippen LogP contribution in [0.15, 0.2) is 76.0 Å². The molecule has 0 radical (unpaired) electrons. The number of aromatic nitrogens is 1. The number of benzene rings is 3. The number of hydrogen-bond donors (Lipinski definition) is 1. The molecule has 0 aliphatic carbocycles. The molecule has 2 N–H and O–H groups in total. The molecule has 0 aliphatic heterocycles. The van der Waals surface area contributed by atoms with E-state index in [4.69, 9.17) is 19.3 Å². The molecule has 38 heavy (non-hydrogen) atoms. The summed E-state index contributed by atoms with van der Waals surface area (Å²) in [6.45, 7) is 5.51. The Morgan fingerprint density at radius 3 is 2.37 bits per heavy atom. The van der Waals surface area contributed by atoms with Crippen molar-refractivity contribution >= 4 is 37.9 Å². The molecular weight excluding hydrogens is 515 g/mol. The molecule has 1 atom stereocenters. The van der Waals surface area contributed by atoms with Crippen molar-refractivity contribution in [2.45, 2.75) is 31.8 Å². The van der Waals surface area contributed by atoms with E-state index in [1.165, 1.54) is 18.2 Å². The molecule has 3 aromatic carbocycles. The number of primary sulfonamides is 1. The Kier molecular flexibility index (Phi) is 7.69. The maximum Gasteiger partial charge on any atom is 1.00 e. The maximum atomic E-state index is 12.3. The number of nitrogens with zero attached hydrogens (tertiary/aromatic N) is 1. The SMILES string of the molecule is Cc1c(-c2cc(C(=O)[O-])c3c(O[C@H](C)c4ccc(S(N)(=O)=O)cc4)ccc(C)c3n2)oc2ccccc12.[Na+]. The zero-order valence-electron chi connectivity index (χ0n) is 21.3. The number of fused-ring (bicyclic) bond motifs is 2. The van der Waals surface area contributed by atoms with Gasteiger partial charge in [0.25, 0.3) is 0 Å². The molecule has 0 amide bonds. The van der Waals surface area contributed by atoms with E-state index in [1.54, 1.807) is 31.2 Å². The predicted octanol–water partition coefficient (Wildman–Crippen LogP) is 1.42. The van der Waals surface area contributed by atoms with Crippen molar-refractivity contribution < 1.29 is 57.0 Å². The van der Waals surface area contributed by atoms with Gasteiger partial charge < -0.3 is 19.1 Å². The molecule has 0 saturated carbocycles. The Labute approximate surface area is 241 Å². The number of carbonyl (C=O) groups is 1. The standard InChI is InChI=1S/C28H24N2O6S.Na/c1-15-8-13-24(35-17(3)18-9-11-19(12-10-18)37(29,33)34)25-21(28(31)32)14-22(30-26(15)25)27-16(2)20-6-4-5-7-23(20)36-27;/h4-14,17H,1-3H3,(H,31,32)(H2,29,33,34);/q;+1/p-1/t17-;/m1./s1. The summed E-state index contributed by atoms with van der Waals surface area (Å²) >= 11 is 0. The average molecular weight is 539 g/mol. The van der Waals surface area contributed by atoms with Gasteiger partial charge in [-0.1, -0.05) is 36.4 Å². The number of para-hydroxylation sites is 1. The van der Waals surface area contributed by atoms with Crippen LogP contribution in [0.25, 0.3) is 33.3 Å². The molecule has 5 rings (SSSR count). The van der Waals surface area contributed by atoms with E-state index < -0.39 is 22.1 Å². The van der Waals surface area contributed by atoms with Crippen LogP contribution < -0.4 is 44.5 Å². The Morgan fingerprint density at radius 2 is 1.74 bits per heavy atom. The van der Waals surface area contributed by atoms with E-state index >= 15 is 0 Å². The molecule has 10 heteroatoms. The first-order valence-corrected chi connectivity index (χ1v) is 13.0. The van der Waals surface area contributed by atoms with Crippen molar-refractivity contribution in [1.82, 2.24) is 4.98 Å². The van der Waals surface area contributed by atoms with Crippen LogP contribution in [-0.2, 0) is 10.0 Å². The molecule has 0 unspecified atom stereocenters. The van der Waals surface area contributed by atoms with Gasteiger partial charge in [0, 0.05) is 16.5 Å². The summed E-state index contributed by atoms with van der Waals surface area (Å²) < 4.78 is 35.3. The summed E-state index contributed by atoms with van der Waals surface area (Å²) in [5.74, 6) is -0.578. The minimum absolute atomic E-state index is 0. The van der Waals surface area contributed by atoms with E-state index in [-0.39, 0.29) is 40.0 Å². The summed E-state index contributed by atoms with van der Waals surface area (Å²) in [4.78, 5) is 17.1. The van der Waals surface area contributed by atoms with Crippen LogP contribution in [0.2, 0.25) is 0 Å². The van der Waals surface area contributed by atoms with Crippen molar-refractivity contribution in [2.75, 3.05) is 0 Å². The predicted molar refractivity (Wildman–Crippen MR) is 138 cm³/mol. The number of rotatable bonds is 6. The fraction of sp³-hybridized carbons (Fsp3) is 0.143. The van der Waals surface area contributed by atoms with Gasteiger partial charge >= 0.3 is 29.6 Å². The molecule has 188 valence electrons. The molecule has 0 saturated heterocycles. The molecule has 2 heterocycles. The molecular formula is C28H23N2NaO6S. The number of nitrogens with two attached hydrogens (primary N) is 1. The van der Waals surface area contributed by atoms with Crippen LogP contribution in [0.1, 0.15) is 40.1 Å². The van der Waals surface area contributed by atoms with E-state index in [0.717, 1.165) is 16.5 Å². The number of hydrogen-bond acceptors (Lipinski definition) is 7. The molecule has 0 aliphatic rings. The third kappa shape index (κ3) is 5.08. The monoisotopic (exact) mass is 538 g/mol. The maximum absolute atomic E-state index is 12.3. The average Bonchev–Trinajstić information content (AvgIpc) is 3.21. The second kappa shape index (κ2) is 10.5. The molecule has 0 fully saturated rings. The summed E-state index contributed by atoms with van der Waals surface area (Å²) in [6.07, 6.45) is -0.535. The summed E-state index contributed by atoms with van der Waals surface area (Å²) in [7, 11) is -3.82. The smallest absolute Gasteiger partial charge is 0.545 e. The van der Waals surface area contributed by atoms with Gasteiger partial charge in [-0.25, -0.2) is 18.5 Å². The molecule has 0 bridgehead atoms. The number of furan rings is 1. The largest absolute Gasteiger partial charge is 1.00 e. The number of sulfonamides is 1.